The molecular formula is C12H17N5. The molecule has 0 N–H and O–H groups in total. The summed E-state index contributed by atoms with van der Waals surface area (Å²) in [6.45, 7) is 3.03. The molecule has 0 spiro atoms. The van der Waals surface area contributed by atoms with Gasteiger partial charge in [0.25, 0.3) is 0 Å². The third kappa shape index (κ3) is 1.75. The van der Waals surface area contributed by atoms with Crippen LogP contribution in [0, 0.1) is 6.92 Å². The summed E-state index contributed by atoms with van der Waals surface area (Å²) in [5, 5.41) is 13.0. The molecule has 5 heteroatoms. The topological polar surface area (TPSA) is 48.5 Å². The summed E-state index contributed by atoms with van der Waals surface area (Å²) in [7, 11) is 1.96. The Morgan fingerprint density at radius 3 is 2.82 bits per heavy atom. The lowest BCUT2D eigenvalue weighted by molar-refractivity contribution is 0.632. The molecule has 0 atom stereocenters. The van der Waals surface area contributed by atoms with Crippen molar-refractivity contribution in [2.24, 2.45) is 7.05 Å². The monoisotopic (exact) mass is 231 g/mol. The molecular weight excluding hydrogens is 214 g/mol. The zero-order chi connectivity index (χ0) is 11.8. The molecule has 0 aliphatic carbocycles. The van der Waals surface area contributed by atoms with E-state index in [1.807, 2.05) is 18.7 Å². The van der Waals surface area contributed by atoms with Crippen molar-refractivity contribution in [3.63, 3.8) is 0 Å². The van der Waals surface area contributed by atoms with E-state index in [0.717, 1.165) is 36.0 Å². The van der Waals surface area contributed by atoms with Crippen molar-refractivity contribution in [3.05, 3.63) is 17.6 Å². The van der Waals surface area contributed by atoms with E-state index in [2.05, 4.69) is 25.9 Å². The Hall–Kier alpha value is -1.65. The molecule has 0 aromatic carbocycles. The predicted octanol–water partition coefficient (Wildman–Crippen LogP) is 1.71. The predicted molar refractivity (Wildman–Crippen MR) is 64.5 cm³/mol. The molecule has 2 aromatic heterocycles. The van der Waals surface area contributed by atoms with Crippen LogP contribution < -0.4 is 0 Å². The fraction of sp³-hybridized carbons (Fsp3) is 0.583. The van der Waals surface area contributed by atoms with Crippen LogP contribution in [-0.2, 0) is 20.0 Å². The first kappa shape index (κ1) is 10.5. The van der Waals surface area contributed by atoms with Crippen molar-refractivity contribution in [1.82, 2.24) is 24.5 Å². The molecule has 0 radical (unpaired) electrons. The summed E-state index contributed by atoms with van der Waals surface area (Å²) in [6, 6.07) is 2.07. The molecule has 3 heterocycles. The standard InChI is InChI=1S/C12H17N5/c1-9-8-10(16(2)15-9)12-14-13-11-6-4-3-5-7-17(11)12/h8H,3-7H2,1-2H3. The van der Waals surface area contributed by atoms with Crippen molar-refractivity contribution in [2.75, 3.05) is 0 Å². The van der Waals surface area contributed by atoms with Gasteiger partial charge < -0.3 is 4.57 Å². The lowest BCUT2D eigenvalue weighted by atomic mass is 10.2. The number of aryl methyl sites for hydroxylation is 3. The first-order chi connectivity index (χ1) is 8.25. The number of hydrogen-bond donors (Lipinski definition) is 0. The molecule has 0 saturated carbocycles. The minimum atomic E-state index is 0.963. The molecule has 3 rings (SSSR count). The van der Waals surface area contributed by atoms with Gasteiger partial charge in [-0.2, -0.15) is 5.10 Å². The third-order valence-electron chi connectivity index (χ3n) is 3.34. The van der Waals surface area contributed by atoms with E-state index in [0.29, 0.717) is 0 Å². The van der Waals surface area contributed by atoms with Gasteiger partial charge in [0.1, 0.15) is 11.5 Å². The highest BCUT2D eigenvalue weighted by atomic mass is 15.3. The summed E-state index contributed by atoms with van der Waals surface area (Å²) in [6.07, 6.45) is 4.77. The lowest BCUT2D eigenvalue weighted by Gasteiger charge is -2.06. The van der Waals surface area contributed by atoms with Gasteiger partial charge in [0.05, 0.1) is 5.69 Å². The van der Waals surface area contributed by atoms with Crippen LogP contribution in [0.3, 0.4) is 0 Å². The normalized spacial score (nSPS) is 15.6. The molecule has 1 aliphatic rings. The maximum Gasteiger partial charge on any atom is 0.182 e. The summed E-state index contributed by atoms with van der Waals surface area (Å²) >= 11 is 0. The summed E-state index contributed by atoms with van der Waals surface area (Å²) in [5.41, 5.74) is 2.08. The number of fused-ring (bicyclic) bond motifs is 1. The number of rotatable bonds is 1. The Kier molecular flexibility index (Phi) is 2.46. The Labute approximate surface area is 100 Å². The van der Waals surface area contributed by atoms with Crippen molar-refractivity contribution in [3.8, 4) is 11.5 Å². The smallest absolute Gasteiger partial charge is 0.182 e. The molecule has 0 fully saturated rings. The number of nitrogens with zero attached hydrogens (tertiary/aromatic N) is 5. The van der Waals surface area contributed by atoms with Crippen molar-refractivity contribution >= 4 is 0 Å². The highest BCUT2D eigenvalue weighted by molar-refractivity contribution is 5.50. The molecule has 2 aromatic rings. The molecule has 0 bridgehead atoms. The van der Waals surface area contributed by atoms with Gasteiger partial charge in [-0.1, -0.05) is 6.42 Å². The fourth-order valence-corrected chi connectivity index (χ4v) is 2.49. The van der Waals surface area contributed by atoms with Gasteiger partial charge in [0.2, 0.25) is 0 Å². The Balaban J connectivity index is 2.09. The van der Waals surface area contributed by atoms with Crippen LogP contribution in [0.15, 0.2) is 6.07 Å². The third-order valence-corrected chi connectivity index (χ3v) is 3.34. The molecule has 0 saturated heterocycles. The van der Waals surface area contributed by atoms with Gasteiger partial charge in [0, 0.05) is 20.0 Å². The highest BCUT2D eigenvalue weighted by Crippen LogP contribution is 2.22. The first-order valence-corrected chi connectivity index (χ1v) is 6.19. The van der Waals surface area contributed by atoms with Crippen LogP contribution in [0.4, 0.5) is 0 Å². The Morgan fingerprint density at radius 2 is 2.06 bits per heavy atom. The van der Waals surface area contributed by atoms with Gasteiger partial charge in [-0.3, -0.25) is 4.68 Å². The van der Waals surface area contributed by atoms with Gasteiger partial charge in [-0.25, -0.2) is 0 Å². The van der Waals surface area contributed by atoms with E-state index < -0.39 is 0 Å². The van der Waals surface area contributed by atoms with Crippen LogP contribution in [0.1, 0.15) is 30.8 Å². The highest BCUT2D eigenvalue weighted by Gasteiger charge is 2.18. The van der Waals surface area contributed by atoms with E-state index in [1.165, 1.54) is 19.3 Å². The second-order valence-corrected chi connectivity index (χ2v) is 4.70. The molecule has 0 unspecified atom stereocenters. The van der Waals surface area contributed by atoms with Crippen LogP contribution >= 0.6 is 0 Å². The van der Waals surface area contributed by atoms with E-state index in [4.69, 9.17) is 0 Å². The molecule has 17 heavy (non-hydrogen) atoms. The summed E-state index contributed by atoms with van der Waals surface area (Å²) < 4.78 is 4.14. The molecule has 5 nitrogen and oxygen atoms in total. The second-order valence-electron chi connectivity index (χ2n) is 4.70. The number of aromatic nitrogens is 5. The van der Waals surface area contributed by atoms with Crippen molar-refractivity contribution in [1.29, 1.82) is 0 Å². The van der Waals surface area contributed by atoms with Crippen LogP contribution in [0.25, 0.3) is 11.5 Å². The minimum Gasteiger partial charge on any atom is -0.310 e. The Morgan fingerprint density at radius 1 is 1.18 bits per heavy atom. The van der Waals surface area contributed by atoms with Gasteiger partial charge in [0.15, 0.2) is 5.82 Å². The second kappa shape index (κ2) is 3.98. The maximum atomic E-state index is 4.37. The quantitative estimate of drug-likeness (QED) is 0.750. The van der Waals surface area contributed by atoms with E-state index in [1.54, 1.807) is 0 Å². The van der Waals surface area contributed by atoms with Crippen LogP contribution in [0.5, 0.6) is 0 Å². The van der Waals surface area contributed by atoms with E-state index in [-0.39, 0.29) is 0 Å². The molecule has 90 valence electrons. The van der Waals surface area contributed by atoms with Gasteiger partial charge in [-0.05, 0) is 25.8 Å². The summed E-state index contributed by atoms with van der Waals surface area (Å²) in [5.74, 6) is 2.08. The SMILES string of the molecule is Cc1cc(-c2nnc3n2CCCCC3)n(C)n1. The van der Waals surface area contributed by atoms with Crippen molar-refractivity contribution in [2.45, 2.75) is 39.2 Å². The van der Waals surface area contributed by atoms with Gasteiger partial charge >= 0.3 is 0 Å². The molecule has 1 aliphatic heterocycles. The van der Waals surface area contributed by atoms with Crippen molar-refractivity contribution < 1.29 is 0 Å². The average Bonchev–Trinajstić information content (AvgIpc) is 2.74. The van der Waals surface area contributed by atoms with Crippen LogP contribution in [0.2, 0.25) is 0 Å². The Bertz CT molecular complexity index is 537. The first-order valence-electron chi connectivity index (χ1n) is 6.19. The van der Waals surface area contributed by atoms with E-state index >= 15 is 0 Å². The average molecular weight is 231 g/mol. The van der Waals surface area contributed by atoms with Crippen LogP contribution in [-0.4, -0.2) is 24.5 Å². The zero-order valence-corrected chi connectivity index (χ0v) is 10.3. The lowest BCUT2D eigenvalue weighted by Crippen LogP contribution is -2.05. The van der Waals surface area contributed by atoms with E-state index in [9.17, 15) is 0 Å². The molecule has 0 amide bonds. The maximum absolute atomic E-state index is 4.37. The largest absolute Gasteiger partial charge is 0.310 e. The number of hydrogen-bond acceptors (Lipinski definition) is 3. The minimum absolute atomic E-state index is 0.963. The zero-order valence-electron chi connectivity index (χ0n) is 10.3. The van der Waals surface area contributed by atoms with Gasteiger partial charge in [-0.15, -0.1) is 10.2 Å². The fourth-order valence-electron chi connectivity index (χ4n) is 2.49. The summed E-state index contributed by atoms with van der Waals surface area (Å²) in [4.78, 5) is 0.